The second-order valence-electron chi connectivity index (χ2n) is 1.80. The molecule has 1 atom stereocenters. The van der Waals surface area contributed by atoms with Crippen molar-refractivity contribution in [1.82, 2.24) is 0 Å². The van der Waals surface area contributed by atoms with E-state index in [-0.39, 0.29) is 0 Å². The van der Waals surface area contributed by atoms with Crippen LogP contribution in [0.25, 0.3) is 0 Å². The highest BCUT2D eigenvalue weighted by Gasteiger charge is 2.05. The van der Waals surface area contributed by atoms with Crippen molar-refractivity contribution in [2.45, 2.75) is 6.42 Å². The van der Waals surface area contributed by atoms with Gasteiger partial charge < -0.3 is 5.11 Å². The molecule has 0 spiro atoms. The molecule has 0 aromatic carbocycles. The standard InChI is InChI=1S/C6H9O/c7-5-6-3-1-2-4-6/h1-3,6-7H,4-5H2. The van der Waals surface area contributed by atoms with E-state index in [0.29, 0.717) is 12.5 Å². The Kier molecular flexibility index (Phi) is 1.47. The molecule has 1 nitrogen and oxygen atoms in total. The van der Waals surface area contributed by atoms with E-state index in [1.54, 1.807) is 0 Å². The Morgan fingerprint density at radius 1 is 1.71 bits per heavy atom. The lowest BCUT2D eigenvalue weighted by molar-refractivity contribution is 0.255. The number of aliphatic hydroxyl groups excluding tert-OH is 1. The molecule has 0 amide bonds. The zero-order valence-corrected chi connectivity index (χ0v) is 4.17. The molecule has 7 heavy (non-hydrogen) atoms. The van der Waals surface area contributed by atoms with E-state index >= 15 is 0 Å². The van der Waals surface area contributed by atoms with Gasteiger partial charge in [0, 0.05) is 12.5 Å². The number of hydrogen-bond acceptors (Lipinski definition) is 1. The molecule has 1 rings (SSSR count). The van der Waals surface area contributed by atoms with Crippen molar-refractivity contribution >= 4 is 0 Å². The molecule has 1 aliphatic carbocycles. The molecule has 0 saturated heterocycles. The molecule has 0 aromatic rings. The summed E-state index contributed by atoms with van der Waals surface area (Å²) < 4.78 is 0. The van der Waals surface area contributed by atoms with Crippen LogP contribution in [0.1, 0.15) is 6.42 Å². The highest BCUT2D eigenvalue weighted by molar-refractivity contribution is 5.07. The maximum absolute atomic E-state index is 8.49. The summed E-state index contributed by atoms with van der Waals surface area (Å²) in [6.07, 6.45) is 7.12. The second-order valence-corrected chi connectivity index (χ2v) is 1.80. The lowest BCUT2D eigenvalue weighted by atomic mass is 10.1. The van der Waals surface area contributed by atoms with Crippen LogP contribution in [0.4, 0.5) is 0 Å². The fraction of sp³-hybridized carbons (Fsp3) is 0.500. The van der Waals surface area contributed by atoms with E-state index in [0.717, 1.165) is 6.42 Å². The molecule has 1 N–H and O–H groups in total. The highest BCUT2D eigenvalue weighted by atomic mass is 16.3. The number of hydrogen-bond donors (Lipinski definition) is 1. The maximum Gasteiger partial charge on any atom is 0.0494 e. The molecule has 1 radical (unpaired) electrons. The normalized spacial score (nSPS) is 29.0. The Hall–Kier alpha value is -0.300. The predicted molar refractivity (Wildman–Crippen MR) is 28.6 cm³/mol. The van der Waals surface area contributed by atoms with Crippen molar-refractivity contribution in [1.29, 1.82) is 0 Å². The van der Waals surface area contributed by atoms with Gasteiger partial charge in [0.2, 0.25) is 0 Å². The molecule has 0 fully saturated rings. The van der Waals surface area contributed by atoms with Gasteiger partial charge in [-0.3, -0.25) is 0 Å². The molecule has 0 bridgehead atoms. The zero-order valence-electron chi connectivity index (χ0n) is 4.17. The average molecular weight is 97.1 g/mol. The maximum atomic E-state index is 8.49. The average Bonchev–Trinajstić information content (AvgIpc) is 2.14. The number of aliphatic hydroxyl groups is 1. The van der Waals surface area contributed by atoms with Crippen molar-refractivity contribution in [2.75, 3.05) is 6.61 Å². The van der Waals surface area contributed by atoms with Crippen molar-refractivity contribution < 1.29 is 5.11 Å². The summed E-state index contributed by atoms with van der Waals surface area (Å²) in [4.78, 5) is 0. The van der Waals surface area contributed by atoms with Gasteiger partial charge in [-0.05, 0) is 12.8 Å². The predicted octanol–water partition coefficient (Wildman–Crippen LogP) is 0.759. The molecule has 1 unspecified atom stereocenters. The summed E-state index contributed by atoms with van der Waals surface area (Å²) in [5.41, 5.74) is 0. The van der Waals surface area contributed by atoms with E-state index < -0.39 is 0 Å². The van der Waals surface area contributed by atoms with Crippen LogP contribution in [0.3, 0.4) is 0 Å². The van der Waals surface area contributed by atoms with Gasteiger partial charge in [0.1, 0.15) is 0 Å². The van der Waals surface area contributed by atoms with E-state index in [9.17, 15) is 0 Å². The largest absolute Gasteiger partial charge is 0.396 e. The van der Waals surface area contributed by atoms with Crippen molar-refractivity contribution in [3.8, 4) is 0 Å². The van der Waals surface area contributed by atoms with Crippen LogP contribution in [0, 0.1) is 12.3 Å². The highest BCUT2D eigenvalue weighted by Crippen LogP contribution is 2.13. The molecule has 1 heteroatoms. The summed E-state index contributed by atoms with van der Waals surface area (Å²) in [5, 5.41) is 8.49. The first-order valence-corrected chi connectivity index (χ1v) is 2.54. The van der Waals surface area contributed by atoms with Crippen LogP contribution < -0.4 is 0 Å². The molecule has 1 aliphatic rings. The van der Waals surface area contributed by atoms with E-state index in [4.69, 9.17) is 5.11 Å². The fourth-order valence-corrected chi connectivity index (χ4v) is 0.703. The molecule has 0 saturated carbocycles. The smallest absolute Gasteiger partial charge is 0.0494 e. The van der Waals surface area contributed by atoms with Gasteiger partial charge in [0.15, 0.2) is 0 Å². The van der Waals surface area contributed by atoms with Crippen LogP contribution in [-0.4, -0.2) is 11.7 Å². The quantitative estimate of drug-likeness (QED) is 0.512. The minimum absolute atomic E-state index is 0.299. The summed E-state index contributed by atoms with van der Waals surface area (Å²) in [6.45, 7) is 0.299. The second kappa shape index (κ2) is 2.12. The topological polar surface area (TPSA) is 20.2 Å². The van der Waals surface area contributed by atoms with Gasteiger partial charge in [-0.25, -0.2) is 0 Å². The molecule has 39 valence electrons. The van der Waals surface area contributed by atoms with Gasteiger partial charge in [-0.2, -0.15) is 0 Å². The van der Waals surface area contributed by atoms with Crippen LogP contribution in [0.15, 0.2) is 12.2 Å². The summed E-state index contributed by atoms with van der Waals surface area (Å²) >= 11 is 0. The Bertz CT molecular complexity index is 76.2. The van der Waals surface area contributed by atoms with Crippen molar-refractivity contribution in [3.63, 3.8) is 0 Å². The third-order valence-corrected chi connectivity index (χ3v) is 1.19. The first-order chi connectivity index (χ1) is 3.43. The summed E-state index contributed by atoms with van der Waals surface area (Å²) in [6, 6.07) is 0. The fourth-order valence-electron chi connectivity index (χ4n) is 0.703. The molecular weight excluding hydrogens is 88.1 g/mol. The van der Waals surface area contributed by atoms with E-state index in [1.165, 1.54) is 0 Å². The Labute approximate surface area is 43.7 Å². The van der Waals surface area contributed by atoms with Gasteiger partial charge >= 0.3 is 0 Å². The van der Waals surface area contributed by atoms with E-state index in [1.807, 2.05) is 12.2 Å². The monoisotopic (exact) mass is 97.1 g/mol. The van der Waals surface area contributed by atoms with Crippen molar-refractivity contribution in [2.24, 2.45) is 5.92 Å². The molecular formula is C6H9O. The van der Waals surface area contributed by atoms with Gasteiger partial charge in [-0.1, -0.05) is 12.2 Å². The van der Waals surface area contributed by atoms with Crippen molar-refractivity contribution in [3.05, 3.63) is 18.6 Å². The minimum atomic E-state index is 0.299. The van der Waals surface area contributed by atoms with Gasteiger partial charge in [-0.15, -0.1) is 0 Å². The number of allylic oxidation sites excluding steroid dienone is 1. The Morgan fingerprint density at radius 3 is 2.86 bits per heavy atom. The Morgan fingerprint density at radius 2 is 2.57 bits per heavy atom. The SMILES string of the molecule is OCC1C=C[CH]C1. The zero-order chi connectivity index (χ0) is 5.11. The lowest BCUT2D eigenvalue weighted by Gasteiger charge is -1.96. The van der Waals surface area contributed by atoms with Crippen LogP contribution in [-0.2, 0) is 0 Å². The van der Waals surface area contributed by atoms with Gasteiger partial charge in [0.05, 0.1) is 0 Å². The third-order valence-electron chi connectivity index (χ3n) is 1.19. The van der Waals surface area contributed by atoms with Crippen LogP contribution >= 0.6 is 0 Å². The first kappa shape index (κ1) is 4.85. The Balaban J connectivity index is 2.28. The molecule has 0 aliphatic heterocycles. The number of rotatable bonds is 1. The van der Waals surface area contributed by atoms with Crippen LogP contribution in [0.2, 0.25) is 0 Å². The molecule has 0 heterocycles. The van der Waals surface area contributed by atoms with Crippen LogP contribution in [0.5, 0.6) is 0 Å². The summed E-state index contributed by atoms with van der Waals surface area (Å²) in [7, 11) is 0. The summed E-state index contributed by atoms with van der Waals surface area (Å²) in [5.74, 6) is 0.417. The molecule has 0 aromatic heterocycles. The first-order valence-electron chi connectivity index (χ1n) is 2.54. The van der Waals surface area contributed by atoms with Gasteiger partial charge in [0.25, 0.3) is 0 Å². The third kappa shape index (κ3) is 1.03. The lowest BCUT2D eigenvalue weighted by Crippen LogP contribution is -1.96. The van der Waals surface area contributed by atoms with E-state index in [2.05, 4.69) is 6.42 Å². The minimum Gasteiger partial charge on any atom is -0.396 e.